The second kappa shape index (κ2) is 5.01. The van der Waals surface area contributed by atoms with Gasteiger partial charge in [-0.05, 0) is 40.1 Å². The SMILES string of the molecule is CCCn1nnnc1CSc1nnnn1C1CC1. The van der Waals surface area contributed by atoms with Crippen molar-refractivity contribution < 1.29 is 0 Å². The Hall–Kier alpha value is -1.51. The lowest BCUT2D eigenvalue weighted by Gasteiger charge is -2.03. The summed E-state index contributed by atoms with van der Waals surface area (Å²) in [6, 6.07) is 0.495. The van der Waals surface area contributed by atoms with E-state index in [0.29, 0.717) is 11.8 Å². The van der Waals surface area contributed by atoms with Crippen LogP contribution < -0.4 is 0 Å². The molecule has 0 amide bonds. The molecule has 2 heterocycles. The number of tetrazole rings is 2. The maximum Gasteiger partial charge on any atom is 0.210 e. The van der Waals surface area contributed by atoms with E-state index in [9.17, 15) is 0 Å². The van der Waals surface area contributed by atoms with Gasteiger partial charge in [0.1, 0.15) is 0 Å². The van der Waals surface area contributed by atoms with E-state index in [1.165, 1.54) is 12.8 Å². The van der Waals surface area contributed by atoms with Crippen molar-refractivity contribution in [2.45, 2.75) is 49.7 Å². The molecule has 0 bridgehead atoms. The van der Waals surface area contributed by atoms with Crippen molar-refractivity contribution in [2.24, 2.45) is 0 Å². The van der Waals surface area contributed by atoms with E-state index in [2.05, 4.69) is 38.0 Å². The second-order valence-electron chi connectivity index (χ2n) is 4.24. The topological polar surface area (TPSA) is 87.2 Å². The van der Waals surface area contributed by atoms with Gasteiger partial charge in [0.15, 0.2) is 5.82 Å². The standard InChI is InChI=1S/C9H14N8S/c1-2-5-16-8(10-12-14-16)6-18-9-11-13-15-17(9)7-3-4-7/h7H,2-6H2,1H3. The number of hydrogen-bond acceptors (Lipinski definition) is 7. The summed E-state index contributed by atoms with van der Waals surface area (Å²) in [5.74, 6) is 1.56. The molecule has 8 nitrogen and oxygen atoms in total. The average Bonchev–Trinajstić information content (AvgIpc) is 2.95. The summed E-state index contributed by atoms with van der Waals surface area (Å²) >= 11 is 1.58. The van der Waals surface area contributed by atoms with Crippen molar-refractivity contribution in [3.63, 3.8) is 0 Å². The highest BCUT2D eigenvalue weighted by Crippen LogP contribution is 2.36. The second-order valence-corrected chi connectivity index (χ2v) is 5.19. The minimum absolute atomic E-state index is 0.495. The molecule has 3 rings (SSSR count). The Kier molecular flexibility index (Phi) is 3.22. The van der Waals surface area contributed by atoms with Crippen molar-refractivity contribution in [1.29, 1.82) is 0 Å². The molecular formula is C9H14N8S. The quantitative estimate of drug-likeness (QED) is 0.711. The number of aromatic nitrogens is 8. The Morgan fingerprint density at radius 3 is 2.83 bits per heavy atom. The summed E-state index contributed by atoms with van der Waals surface area (Å²) in [6.45, 7) is 2.95. The molecule has 1 aliphatic rings. The predicted octanol–water partition coefficient (Wildman–Crippen LogP) is 0.697. The number of hydrogen-bond donors (Lipinski definition) is 0. The van der Waals surface area contributed by atoms with Crippen LogP contribution >= 0.6 is 11.8 Å². The molecular weight excluding hydrogens is 252 g/mol. The number of thioether (sulfide) groups is 1. The maximum absolute atomic E-state index is 4.04. The Bertz CT molecular complexity index is 516. The van der Waals surface area contributed by atoms with E-state index < -0.39 is 0 Å². The zero-order chi connectivity index (χ0) is 12.4. The molecule has 0 aromatic carbocycles. The highest BCUT2D eigenvalue weighted by Gasteiger charge is 2.28. The fourth-order valence-electron chi connectivity index (χ4n) is 1.67. The lowest BCUT2D eigenvalue weighted by atomic mass is 10.5. The third-order valence-corrected chi connectivity index (χ3v) is 3.66. The van der Waals surface area contributed by atoms with Crippen LogP contribution in [0.25, 0.3) is 0 Å². The molecule has 1 fully saturated rings. The van der Waals surface area contributed by atoms with Crippen LogP contribution in [-0.2, 0) is 12.3 Å². The molecule has 0 unspecified atom stereocenters. The first-order valence-corrected chi connectivity index (χ1v) is 7.02. The summed E-state index contributed by atoms with van der Waals surface area (Å²) in [6.07, 6.45) is 3.36. The summed E-state index contributed by atoms with van der Waals surface area (Å²) in [5, 5.41) is 24.3. The molecule has 0 aliphatic heterocycles. The first-order chi connectivity index (χ1) is 8.88. The van der Waals surface area contributed by atoms with Gasteiger partial charge in [-0.1, -0.05) is 18.7 Å². The Labute approximate surface area is 108 Å². The van der Waals surface area contributed by atoms with Crippen LogP contribution in [0.5, 0.6) is 0 Å². The highest BCUT2D eigenvalue weighted by molar-refractivity contribution is 7.98. The molecule has 0 saturated heterocycles. The van der Waals surface area contributed by atoms with Gasteiger partial charge in [-0.25, -0.2) is 9.36 Å². The zero-order valence-corrected chi connectivity index (χ0v) is 10.9. The van der Waals surface area contributed by atoms with Gasteiger partial charge in [0.2, 0.25) is 5.16 Å². The Balaban J connectivity index is 1.66. The van der Waals surface area contributed by atoms with Crippen molar-refractivity contribution in [1.82, 2.24) is 40.4 Å². The molecule has 0 N–H and O–H groups in total. The summed E-state index contributed by atoms with van der Waals surface area (Å²) in [5.41, 5.74) is 0. The zero-order valence-electron chi connectivity index (χ0n) is 10.1. The molecule has 96 valence electrons. The van der Waals surface area contributed by atoms with Crippen LogP contribution in [0.1, 0.15) is 38.1 Å². The van der Waals surface area contributed by atoms with Crippen LogP contribution in [0.3, 0.4) is 0 Å². The van der Waals surface area contributed by atoms with Crippen molar-refractivity contribution in [3.8, 4) is 0 Å². The van der Waals surface area contributed by atoms with Gasteiger partial charge >= 0.3 is 0 Å². The monoisotopic (exact) mass is 266 g/mol. The molecule has 2 aromatic heterocycles. The van der Waals surface area contributed by atoms with Gasteiger partial charge in [-0.15, -0.1) is 10.2 Å². The first-order valence-electron chi connectivity index (χ1n) is 6.04. The van der Waals surface area contributed by atoms with Crippen LogP contribution in [0.15, 0.2) is 5.16 Å². The molecule has 2 aromatic rings. The molecule has 1 saturated carbocycles. The molecule has 0 radical (unpaired) electrons. The van der Waals surface area contributed by atoms with Gasteiger partial charge in [0.25, 0.3) is 0 Å². The van der Waals surface area contributed by atoms with E-state index in [0.717, 1.165) is 23.9 Å². The maximum atomic E-state index is 4.04. The van der Waals surface area contributed by atoms with Crippen molar-refractivity contribution in [2.75, 3.05) is 0 Å². The lowest BCUT2D eigenvalue weighted by Crippen LogP contribution is -2.05. The Morgan fingerprint density at radius 1 is 1.22 bits per heavy atom. The lowest BCUT2D eigenvalue weighted by molar-refractivity contribution is 0.560. The van der Waals surface area contributed by atoms with E-state index >= 15 is 0 Å². The number of aryl methyl sites for hydroxylation is 1. The summed E-state index contributed by atoms with van der Waals surface area (Å²) in [7, 11) is 0. The number of nitrogens with zero attached hydrogens (tertiary/aromatic N) is 8. The molecule has 9 heteroatoms. The number of rotatable bonds is 6. The largest absolute Gasteiger partial charge is 0.229 e. The summed E-state index contributed by atoms with van der Waals surface area (Å²) in [4.78, 5) is 0. The molecule has 0 atom stereocenters. The molecule has 1 aliphatic carbocycles. The van der Waals surface area contributed by atoms with E-state index in [-0.39, 0.29) is 0 Å². The highest BCUT2D eigenvalue weighted by atomic mass is 32.2. The first kappa shape index (κ1) is 11.6. The van der Waals surface area contributed by atoms with Crippen LogP contribution in [0, 0.1) is 0 Å². The fourth-order valence-corrected chi connectivity index (χ4v) is 2.55. The molecule has 0 spiro atoms. The van der Waals surface area contributed by atoms with Crippen molar-refractivity contribution >= 4 is 11.8 Å². The minimum atomic E-state index is 0.495. The predicted molar refractivity (Wildman–Crippen MR) is 63.8 cm³/mol. The minimum Gasteiger partial charge on any atom is -0.229 e. The van der Waals surface area contributed by atoms with Gasteiger partial charge in [-0.3, -0.25) is 0 Å². The van der Waals surface area contributed by atoms with Crippen LogP contribution in [0.2, 0.25) is 0 Å². The van der Waals surface area contributed by atoms with Gasteiger partial charge in [-0.2, -0.15) is 0 Å². The van der Waals surface area contributed by atoms with Crippen LogP contribution in [-0.4, -0.2) is 40.4 Å². The molecule has 18 heavy (non-hydrogen) atoms. The van der Waals surface area contributed by atoms with E-state index in [1.807, 2.05) is 9.36 Å². The van der Waals surface area contributed by atoms with E-state index in [1.54, 1.807) is 11.8 Å². The van der Waals surface area contributed by atoms with Crippen molar-refractivity contribution in [3.05, 3.63) is 5.82 Å². The van der Waals surface area contributed by atoms with E-state index in [4.69, 9.17) is 0 Å². The van der Waals surface area contributed by atoms with Crippen LogP contribution in [0.4, 0.5) is 0 Å². The Morgan fingerprint density at radius 2 is 2.06 bits per heavy atom. The third kappa shape index (κ3) is 2.35. The third-order valence-electron chi connectivity index (χ3n) is 2.73. The normalized spacial score (nSPS) is 15.2. The van der Waals surface area contributed by atoms with Gasteiger partial charge in [0.05, 0.1) is 11.8 Å². The van der Waals surface area contributed by atoms with Gasteiger partial charge < -0.3 is 0 Å². The summed E-state index contributed by atoms with van der Waals surface area (Å²) < 4.78 is 3.73. The smallest absolute Gasteiger partial charge is 0.210 e. The average molecular weight is 266 g/mol. The van der Waals surface area contributed by atoms with Gasteiger partial charge in [0, 0.05) is 6.54 Å². The fraction of sp³-hybridized carbons (Fsp3) is 0.778.